The molecule has 0 unspecified atom stereocenters. The molecule has 0 bridgehead atoms. The molecular formula is C18H15ClF3N4O2S+. The van der Waals surface area contributed by atoms with Crippen LogP contribution < -0.4 is 15.0 Å². The molecule has 0 amide bonds. The van der Waals surface area contributed by atoms with Crippen molar-refractivity contribution in [1.82, 2.24) is 9.55 Å². The number of thiazole rings is 1. The molecule has 2 aromatic heterocycles. The minimum Gasteiger partial charge on any atom is -0.483 e. The molecule has 0 fully saturated rings. The van der Waals surface area contributed by atoms with Gasteiger partial charge in [-0.05, 0) is 17.7 Å². The Morgan fingerprint density at radius 2 is 2.07 bits per heavy atom. The number of likely N-dealkylation sites (N-methyl/N-ethyl adjacent to an activating group) is 1. The molecule has 4 rings (SSSR count). The number of alkyl halides is 3. The molecule has 0 aliphatic carbocycles. The van der Waals surface area contributed by atoms with E-state index in [0.717, 1.165) is 17.0 Å². The first-order valence-electron chi connectivity index (χ1n) is 8.47. The van der Waals surface area contributed by atoms with E-state index in [1.807, 2.05) is 0 Å². The van der Waals surface area contributed by atoms with Gasteiger partial charge >= 0.3 is 17.7 Å². The summed E-state index contributed by atoms with van der Waals surface area (Å²) in [7, 11) is 3.28. The van der Waals surface area contributed by atoms with Crippen LogP contribution in [-0.2, 0) is 13.2 Å². The number of aromatic nitrogens is 3. The Labute approximate surface area is 172 Å². The molecule has 1 aliphatic rings. The number of fused-ring (bicyclic) bond motifs is 1. The Kier molecular flexibility index (Phi) is 4.58. The van der Waals surface area contributed by atoms with Crippen LogP contribution in [0.25, 0.3) is 11.1 Å². The molecule has 0 saturated carbocycles. The lowest BCUT2D eigenvalue weighted by Crippen LogP contribution is -2.43. The molecule has 1 aromatic carbocycles. The lowest BCUT2D eigenvalue weighted by molar-refractivity contribution is -0.695. The molecule has 3 aromatic rings. The molecular weight excluding hydrogens is 429 g/mol. The number of aromatic hydroxyl groups is 1. The topological polar surface area (TPSA) is 62.2 Å². The molecule has 6 nitrogen and oxygen atoms in total. The number of anilines is 1. The predicted molar refractivity (Wildman–Crippen MR) is 103 cm³/mol. The van der Waals surface area contributed by atoms with Gasteiger partial charge in [0.25, 0.3) is 5.88 Å². The summed E-state index contributed by atoms with van der Waals surface area (Å²) < 4.78 is 42.6. The van der Waals surface area contributed by atoms with E-state index in [4.69, 9.17) is 11.6 Å². The van der Waals surface area contributed by atoms with Gasteiger partial charge in [-0.1, -0.05) is 23.7 Å². The maximum absolute atomic E-state index is 13.1. The summed E-state index contributed by atoms with van der Waals surface area (Å²) in [6, 6.07) is 3.97. The lowest BCUT2D eigenvalue weighted by Gasteiger charge is -2.14. The maximum Gasteiger partial charge on any atom is 0.416 e. The third-order valence-corrected chi connectivity index (χ3v) is 6.10. The highest BCUT2D eigenvalue weighted by atomic mass is 35.5. The van der Waals surface area contributed by atoms with Crippen LogP contribution in [-0.4, -0.2) is 28.3 Å². The molecule has 1 N–H and O–H groups in total. The first-order valence-corrected chi connectivity index (χ1v) is 9.66. The van der Waals surface area contributed by atoms with Crippen molar-refractivity contribution in [2.75, 3.05) is 18.5 Å². The monoisotopic (exact) mass is 443 g/mol. The van der Waals surface area contributed by atoms with Gasteiger partial charge in [-0.3, -0.25) is 4.90 Å². The van der Waals surface area contributed by atoms with Gasteiger partial charge in [-0.2, -0.15) is 22.3 Å². The van der Waals surface area contributed by atoms with Gasteiger partial charge in [0.1, 0.15) is 12.1 Å². The highest BCUT2D eigenvalue weighted by Crippen LogP contribution is 2.36. The quantitative estimate of drug-likeness (QED) is 0.618. The molecule has 3 heterocycles. The SMILES string of the molecule is CN1C[C@@H](c2cnc(Cl)s2)[n+]2c(O)c(-c3cccc(C(F)(F)F)c3)c(=O)n(C)c21. The maximum atomic E-state index is 13.1. The second kappa shape index (κ2) is 6.74. The van der Waals surface area contributed by atoms with Crippen LogP contribution >= 0.6 is 22.9 Å². The molecule has 152 valence electrons. The molecule has 0 spiro atoms. The fourth-order valence-corrected chi connectivity index (χ4v) is 4.66. The number of nitrogens with zero attached hydrogens (tertiary/aromatic N) is 4. The third-order valence-electron chi connectivity index (χ3n) is 4.89. The first-order chi connectivity index (χ1) is 13.6. The fourth-order valence-electron chi connectivity index (χ4n) is 3.62. The normalized spacial score (nSPS) is 16.3. The molecule has 1 aliphatic heterocycles. The average Bonchev–Trinajstić information content (AvgIpc) is 3.23. The van der Waals surface area contributed by atoms with E-state index < -0.39 is 29.2 Å². The second-order valence-corrected chi connectivity index (χ2v) is 8.37. The number of benzene rings is 1. The number of rotatable bonds is 2. The minimum atomic E-state index is -4.57. The third kappa shape index (κ3) is 3.16. The Bertz CT molecular complexity index is 1170. The Balaban J connectivity index is 1.97. The molecule has 11 heteroatoms. The van der Waals surface area contributed by atoms with Crippen molar-refractivity contribution in [3.8, 4) is 17.0 Å². The van der Waals surface area contributed by atoms with Gasteiger partial charge in [-0.25, -0.2) is 9.78 Å². The predicted octanol–water partition coefficient (Wildman–Crippen LogP) is 3.21. The standard InChI is InChI=1S/C18H14ClF3N4O2S/c1-24-8-11(12-7-23-16(19)29-12)26-15(28)13(14(27)25(2)17(24)26)9-4-3-5-10(6-9)18(20,21)22/h3-7,11H,8H2,1-2H3/p+1/t11-/m0/s1. The Hall–Kier alpha value is -2.59. The highest BCUT2D eigenvalue weighted by Gasteiger charge is 2.42. The summed E-state index contributed by atoms with van der Waals surface area (Å²) in [5.41, 5.74) is -1.70. The van der Waals surface area contributed by atoms with E-state index in [-0.39, 0.29) is 11.1 Å². The van der Waals surface area contributed by atoms with Gasteiger partial charge in [0.15, 0.2) is 10.5 Å². The van der Waals surface area contributed by atoms with E-state index in [1.54, 1.807) is 18.1 Å². The average molecular weight is 444 g/mol. The van der Waals surface area contributed by atoms with Crippen molar-refractivity contribution < 1.29 is 22.8 Å². The largest absolute Gasteiger partial charge is 0.483 e. The van der Waals surface area contributed by atoms with Crippen molar-refractivity contribution in [3.05, 3.63) is 55.7 Å². The van der Waals surface area contributed by atoms with Crippen LogP contribution in [0.3, 0.4) is 0 Å². The Morgan fingerprint density at radius 1 is 1.34 bits per heavy atom. The van der Waals surface area contributed by atoms with Crippen molar-refractivity contribution >= 4 is 28.9 Å². The molecule has 29 heavy (non-hydrogen) atoms. The van der Waals surface area contributed by atoms with Crippen molar-refractivity contribution in [2.24, 2.45) is 7.05 Å². The lowest BCUT2D eigenvalue weighted by atomic mass is 10.0. The molecule has 0 saturated heterocycles. The summed E-state index contributed by atoms with van der Waals surface area (Å²) in [5.74, 6) is 0.0269. The summed E-state index contributed by atoms with van der Waals surface area (Å²) in [4.78, 5) is 19.5. The Morgan fingerprint density at radius 3 is 2.69 bits per heavy atom. The van der Waals surface area contributed by atoms with Gasteiger partial charge < -0.3 is 5.11 Å². The second-order valence-electron chi connectivity index (χ2n) is 6.72. The van der Waals surface area contributed by atoms with E-state index in [0.29, 0.717) is 17.0 Å². The number of hydrogen-bond donors (Lipinski definition) is 1. The fraction of sp³-hybridized carbons (Fsp3) is 0.278. The van der Waals surface area contributed by atoms with Crippen LogP contribution in [0.2, 0.25) is 4.47 Å². The van der Waals surface area contributed by atoms with Gasteiger partial charge in [-0.15, -0.1) is 11.3 Å². The van der Waals surface area contributed by atoms with Gasteiger partial charge in [0.05, 0.1) is 24.5 Å². The van der Waals surface area contributed by atoms with Crippen LogP contribution in [0.5, 0.6) is 5.88 Å². The zero-order valence-corrected chi connectivity index (χ0v) is 16.8. The van der Waals surface area contributed by atoms with E-state index in [9.17, 15) is 23.1 Å². The minimum absolute atomic E-state index is 0.0103. The molecule has 0 radical (unpaired) electrons. The molecule has 1 atom stereocenters. The zero-order chi connectivity index (χ0) is 21.1. The summed E-state index contributed by atoms with van der Waals surface area (Å²) >= 11 is 7.18. The van der Waals surface area contributed by atoms with E-state index in [1.165, 1.54) is 39.7 Å². The zero-order valence-electron chi connectivity index (χ0n) is 15.2. The van der Waals surface area contributed by atoms with Crippen LogP contribution in [0.4, 0.5) is 19.1 Å². The van der Waals surface area contributed by atoms with Crippen molar-refractivity contribution in [3.63, 3.8) is 0 Å². The number of halogens is 4. The van der Waals surface area contributed by atoms with E-state index >= 15 is 0 Å². The van der Waals surface area contributed by atoms with Crippen molar-refractivity contribution in [1.29, 1.82) is 0 Å². The summed E-state index contributed by atoms with van der Waals surface area (Å²) in [6.07, 6.45) is -2.98. The van der Waals surface area contributed by atoms with Gasteiger partial charge in [0, 0.05) is 6.20 Å². The number of hydrogen-bond acceptors (Lipinski definition) is 5. The van der Waals surface area contributed by atoms with Crippen LogP contribution in [0.15, 0.2) is 35.3 Å². The van der Waals surface area contributed by atoms with Crippen LogP contribution in [0, 0.1) is 0 Å². The summed E-state index contributed by atoms with van der Waals surface area (Å²) in [5, 5.41) is 11.0. The smallest absolute Gasteiger partial charge is 0.416 e. The van der Waals surface area contributed by atoms with Crippen LogP contribution in [0.1, 0.15) is 16.5 Å². The first kappa shape index (κ1) is 19.7. The van der Waals surface area contributed by atoms with E-state index in [2.05, 4.69) is 4.98 Å². The van der Waals surface area contributed by atoms with Gasteiger partial charge in [0.2, 0.25) is 0 Å². The summed E-state index contributed by atoms with van der Waals surface area (Å²) in [6.45, 7) is 0.436. The van der Waals surface area contributed by atoms with Crippen molar-refractivity contribution in [2.45, 2.75) is 12.2 Å². The highest BCUT2D eigenvalue weighted by molar-refractivity contribution is 7.15.